The van der Waals surface area contributed by atoms with Crippen LogP contribution < -0.4 is 15.4 Å². The van der Waals surface area contributed by atoms with Gasteiger partial charge in [-0.15, -0.1) is 11.3 Å². The maximum atomic E-state index is 12.0. The highest BCUT2D eigenvalue weighted by Gasteiger charge is 2.09. The zero-order valence-corrected chi connectivity index (χ0v) is 16.9. The molecule has 1 amide bonds. The predicted molar refractivity (Wildman–Crippen MR) is 121 cm³/mol. The Morgan fingerprint density at radius 3 is 2.62 bits per heavy atom. The summed E-state index contributed by atoms with van der Waals surface area (Å²) in [5, 5.41) is 6.81. The summed E-state index contributed by atoms with van der Waals surface area (Å²) in [6.07, 6.45) is 0. The highest BCUT2D eigenvalue weighted by atomic mass is 32.1. The van der Waals surface area contributed by atoms with Gasteiger partial charge in [0, 0.05) is 11.3 Å². The van der Waals surface area contributed by atoms with E-state index in [0.29, 0.717) is 5.75 Å². The molecule has 3 aromatic carbocycles. The molecule has 144 valence electrons. The predicted octanol–water partition coefficient (Wildman–Crippen LogP) is 4.86. The average Bonchev–Trinajstić information content (AvgIpc) is 3.17. The Balaban J connectivity index is 1.37. The first kappa shape index (κ1) is 19.0. The van der Waals surface area contributed by atoms with E-state index < -0.39 is 0 Å². The van der Waals surface area contributed by atoms with Gasteiger partial charge in [-0.25, -0.2) is 4.98 Å². The van der Waals surface area contributed by atoms with Crippen LogP contribution in [0.5, 0.6) is 5.75 Å². The van der Waals surface area contributed by atoms with Crippen LogP contribution in [0.25, 0.3) is 20.8 Å². The van der Waals surface area contributed by atoms with Gasteiger partial charge in [0.05, 0.1) is 10.2 Å². The Hall–Kier alpha value is -3.29. The summed E-state index contributed by atoms with van der Waals surface area (Å²) in [6.45, 7) is -0.114. The third-order valence-corrected chi connectivity index (χ3v) is 5.32. The number of nitrogens with one attached hydrogen (secondary N) is 2. The minimum Gasteiger partial charge on any atom is -0.484 e. The third kappa shape index (κ3) is 4.96. The lowest BCUT2D eigenvalue weighted by atomic mass is 10.2. The van der Waals surface area contributed by atoms with Gasteiger partial charge in [-0.05, 0) is 48.6 Å². The molecule has 0 atom stereocenters. The highest BCUT2D eigenvalue weighted by Crippen LogP contribution is 2.31. The zero-order valence-electron chi connectivity index (χ0n) is 15.3. The van der Waals surface area contributed by atoms with Crippen molar-refractivity contribution < 1.29 is 9.53 Å². The highest BCUT2D eigenvalue weighted by molar-refractivity contribution is 7.80. The molecule has 4 aromatic rings. The fourth-order valence-corrected chi connectivity index (χ4v) is 3.91. The summed E-state index contributed by atoms with van der Waals surface area (Å²) in [6, 6.07) is 25.0. The van der Waals surface area contributed by atoms with E-state index in [-0.39, 0.29) is 17.6 Å². The molecule has 0 aliphatic rings. The Bertz CT molecular complexity index is 1130. The number of nitrogens with zero attached hydrogens (tertiary/aromatic N) is 1. The molecule has 5 nitrogen and oxygen atoms in total. The molecule has 0 saturated heterocycles. The number of carbonyl (C=O) groups excluding carboxylic acids is 1. The second-order valence-corrected chi connectivity index (χ2v) is 7.61. The molecule has 2 N–H and O–H groups in total. The van der Waals surface area contributed by atoms with E-state index in [2.05, 4.69) is 21.7 Å². The van der Waals surface area contributed by atoms with E-state index in [4.69, 9.17) is 17.0 Å². The van der Waals surface area contributed by atoms with E-state index in [9.17, 15) is 4.79 Å². The van der Waals surface area contributed by atoms with E-state index in [0.717, 1.165) is 26.5 Å². The quantitative estimate of drug-likeness (QED) is 0.453. The molecule has 1 heterocycles. The number of rotatable bonds is 5. The number of para-hydroxylation sites is 2. The molecular weight excluding hydrogens is 402 g/mol. The lowest BCUT2D eigenvalue weighted by molar-refractivity contribution is -0.121. The lowest BCUT2D eigenvalue weighted by Crippen LogP contribution is -2.37. The summed E-state index contributed by atoms with van der Waals surface area (Å²) in [4.78, 5) is 16.7. The molecule has 0 aliphatic heterocycles. The van der Waals surface area contributed by atoms with Gasteiger partial charge in [0.2, 0.25) is 0 Å². The van der Waals surface area contributed by atoms with E-state index in [1.807, 2.05) is 60.7 Å². The molecule has 4 rings (SSSR count). The van der Waals surface area contributed by atoms with Crippen LogP contribution in [0.1, 0.15) is 0 Å². The van der Waals surface area contributed by atoms with Crippen molar-refractivity contribution in [3.05, 3.63) is 78.9 Å². The number of fused-ring (bicyclic) bond motifs is 1. The molecule has 0 unspecified atom stereocenters. The van der Waals surface area contributed by atoms with Crippen molar-refractivity contribution >= 4 is 50.5 Å². The van der Waals surface area contributed by atoms with Crippen molar-refractivity contribution in [3.8, 4) is 16.3 Å². The number of hydrogen-bond acceptors (Lipinski definition) is 5. The third-order valence-electron chi connectivity index (χ3n) is 4.03. The maximum Gasteiger partial charge on any atom is 0.264 e. The Kier molecular flexibility index (Phi) is 5.79. The summed E-state index contributed by atoms with van der Waals surface area (Å²) in [5.41, 5.74) is 2.74. The number of ether oxygens (including phenoxy) is 1. The number of carbonyl (C=O) groups is 1. The first-order valence-corrected chi connectivity index (χ1v) is 10.1. The van der Waals surface area contributed by atoms with Crippen LogP contribution >= 0.6 is 23.6 Å². The van der Waals surface area contributed by atoms with Crippen molar-refractivity contribution in [3.63, 3.8) is 0 Å². The Labute approximate surface area is 177 Å². The van der Waals surface area contributed by atoms with Crippen LogP contribution in [-0.2, 0) is 4.79 Å². The first-order chi connectivity index (χ1) is 14.2. The Morgan fingerprint density at radius 1 is 1.00 bits per heavy atom. The van der Waals surface area contributed by atoms with Gasteiger partial charge >= 0.3 is 0 Å². The van der Waals surface area contributed by atoms with Crippen molar-refractivity contribution in [2.45, 2.75) is 0 Å². The largest absolute Gasteiger partial charge is 0.484 e. The molecule has 0 fully saturated rings. The second-order valence-electron chi connectivity index (χ2n) is 6.17. The maximum absolute atomic E-state index is 12.0. The minimum absolute atomic E-state index is 0.114. The molecule has 7 heteroatoms. The summed E-state index contributed by atoms with van der Waals surface area (Å²) < 4.78 is 6.56. The van der Waals surface area contributed by atoms with Crippen LogP contribution in [0.4, 0.5) is 5.69 Å². The number of aromatic nitrogens is 1. The normalized spacial score (nSPS) is 10.5. The van der Waals surface area contributed by atoms with Gasteiger partial charge in [0.25, 0.3) is 5.91 Å². The molecule has 0 radical (unpaired) electrons. The summed E-state index contributed by atoms with van der Waals surface area (Å²) >= 11 is 6.88. The Morgan fingerprint density at radius 2 is 1.79 bits per heavy atom. The van der Waals surface area contributed by atoms with Crippen molar-refractivity contribution in [1.29, 1.82) is 0 Å². The average molecular weight is 420 g/mol. The summed E-state index contributed by atoms with van der Waals surface area (Å²) in [7, 11) is 0. The lowest BCUT2D eigenvalue weighted by Gasteiger charge is -2.11. The molecular formula is C22H17N3O2S2. The monoisotopic (exact) mass is 419 g/mol. The van der Waals surface area contributed by atoms with Gasteiger partial charge in [-0.2, -0.15) is 0 Å². The van der Waals surface area contributed by atoms with Gasteiger partial charge in [-0.1, -0.05) is 42.5 Å². The fourth-order valence-electron chi connectivity index (χ4n) is 2.72. The molecule has 1 aromatic heterocycles. The van der Waals surface area contributed by atoms with Crippen molar-refractivity contribution in [2.75, 3.05) is 11.9 Å². The van der Waals surface area contributed by atoms with Gasteiger partial charge in [0.15, 0.2) is 11.7 Å². The van der Waals surface area contributed by atoms with E-state index in [1.54, 1.807) is 23.5 Å². The minimum atomic E-state index is -0.325. The smallest absolute Gasteiger partial charge is 0.264 e. The first-order valence-electron chi connectivity index (χ1n) is 8.92. The molecule has 0 saturated carbocycles. The van der Waals surface area contributed by atoms with Gasteiger partial charge < -0.3 is 10.1 Å². The van der Waals surface area contributed by atoms with Crippen LogP contribution in [0, 0.1) is 0 Å². The zero-order chi connectivity index (χ0) is 20.1. The molecule has 0 bridgehead atoms. The number of thiocarbonyl (C=S) groups is 1. The SMILES string of the molecule is O=C(COc1ccccc1)NC(=S)Nc1cccc(-c2nc3ccccc3s2)c1. The standard InChI is InChI=1S/C22H17N3O2S2/c26-20(14-27-17-9-2-1-3-10-17)25-22(28)23-16-8-6-7-15(13-16)21-24-18-11-4-5-12-19(18)29-21/h1-13H,14H2,(H2,23,25,26,28). The topological polar surface area (TPSA) is 63.2 Å². The van der Waals surface area contributed by atoms with Crippen molar-refractivity contribution in [1.82, 2.24) is 10.3 Å². The number of benzene rings is 3. The van der Waals surface area contributed by atoms with E-state index in [1.165, 1.54) is 0 Å². The van der Waals surface area contributed by atoms with Crippen molar-refractivity contribution in [2.24, 2.45) is 0 Å². The number of hydrogen-bond donors (Lipinski definition) is 2. The number of thiazole rings is 1. The van der Waals surface area contributed by atoms with Crippen LogP contribution in [0.3, 0.4) is 0 Å². The van der Waals surface area contributed by atoms with Crippen LogP contribution in [0.2, 0.25) is 0 Å². The number of amides is 1. The second kappa shape index (κ2) is 8.81. The molecule has 0 aliphatic carbocycles. The molecule has 29 heavy (non-hydrogen) atoms. The molecule has 0 spiro atoms. The summed E-state index contributed by atoms with van der Waals surface area (Å²) in [5.74, 6) is 0.304. The fraction of sp³-hybridized carbons (Fsp3) is 0.0455. The van der Waals surface area contributed by atoms with Gasteiger partial charge in [0.1, 0.15) is 10.8 Å². The van der Waals surface area contributed by atoms with Crippen LogP contribution in [-0.4, -0.2) is 22.6 Å². The van der Waals surface area contributed by atoms with E-state index >= 15 is 0 Å². The van der Waals surface area contributed by atoms with Gasteiger partial charge in [-0.3, -0.25) is 10.1 Å². The van der Waals surface area contributed by atoms with Crippen LogP contribution in [0.15, 0.2) is 78.9 Å². The number of anilines is 1.